The first-order valence-corrected chi connectivity index (χ1v) is 8.55. The summed E-state index contributed by atoms with van der Waals surface area (Å²) in [6.45, 7) is 7.13. The van der Waals surface area contributed by atoms with Gasteiger partial charge in [-0.15, -0.1) is 0 Å². The average molecular weight is 285 g/mol. The van der Waals surface area contributed by atoms with Crippen LogP contribution in [0.25, 0.3) is 0 Å². The minimum Gasteiger partial charge on any atom is -0.330 e. The van der Waals surface area contributed by atoms with Gasteiger partial charge in [0.2, 0.25) is 0 Å². The Labute approximate surface area is 115 Å². The quantitative estimate of drug-likeness (QED) is 0.914. The first-order chi connectivity index (χ1) is 8.77. The van der Waals surface area contributed by atoms with Crippen LogP contribution >= 0.6 is 0 Å². The van der Waals surface area contributed by atoms with Gasteiger partial charge in [0.05, 0.1) is 23.5 Å². The molecule has 1 fully saturated rings. The molecule has 0 radical (unpaired) electrons. The van der Waals surface area contributed by atoms with E-state index in [2.05, 4.69) is 35.6 Å². The van der Waals surface area contributed by atoms with E-state index in [0.29, 0.717) is 24.3 Å². The molecule has 0 unspecified atom stereocenters. The smallest absolute Gasteiger partial charge is 0.150 e. The summed E-state index contributed by atoms with van der Waals surface area (Å²) in [5.41, 5.74) is 1.18. The van der Waals surface area contributed by atoms with Gasteiger partial charge in [-0.25, -0.2) is 13.4 Å². The molecule has 1 aromatic heterocycles. The van der Waals surface area contributed by atoms with E-state index in [1.165, 1.54) is 0 Å². The molecule has 0 aromatic carbocycles. The van der Waals surface area contributed by atoms with Crippen LogP contribution in [0.4, 0.5) is 0 Å². The highest BCUT2D eigenvalue weighted by molar-refractivity contribution is 7.91. The van der Waals surface area contributed by atoms with Crippen molar-refractivity contribution in [2.24, 2.45) is 0 Å². The lowest BCUT2D eigenvalue weighted by Crippen LogP contribution is -2.36. The van der Waals surface area contributed by atoms with Gasteiger partial charge in [-0.05, 0) is 33.6 Å². The largest absolute Gasteiger partial charge is 0.330 e. The van der Waals surface area contributed by atoms with Crippen molar-refractivity contribution in [3.63, 3.8) is 0 Å². The summed E-state index contributed by atoms with van der Waals surface area (Å²) >= 11 is 0. The highest BCUT2D eigenvalue weighted by Crippen LogP contribution is 2.25. The van der Waals surface area contributed by atoms with Crippen LogP contribution in [0.3, 0.4) is 0 Å². The second-order valence-electron chi connectivity index (χ2n) is 6.28. The average Bonchev–Trinajstić information content (AvgIpc) is 2.73. The van der Waals surface area contributed by atoms with Crippen LogP contribution in [0, 0.1) is 0 Å². The molecule has 108 valence electrons. The lowest BCUT2D eigenvalue weighted by molar-refractivity contribution is 0.394. The maximum atomic E-state index is 11.5. The van der Waals surface area contributed by atoms with Crippen molar-refractivity contribution in [1.82, 2.24) is 14.9 Å². The molecule has 0 saturated carbocycles. The molecule has 1 saturated heterocycles. The third-order valence-corrected chi connectivity index (χ3v) is 5.18. The zero-order chi connectivity index (χ0) is 14.1. The van der Waals surface area contributed by atoms with Gasteiger partial charge < -0.3 is 9.88 Å². The molecule has 0 atom stereocenters. The maximum absolute atomic E-state index is 11.5. The molecule has 0 bridgehead atoms. The van der Waals surface area contributed by atoms with Gasteiger partial charge >= 0.3 is 0 Å². The molecule has 2 heterocycles. The number of imidazole rings is 1. The highest BCUT2D eigenvalue weighted by atomic mass is 32.2. The third kappa shape index (κ3) is 4.04. The van der Waals surface area contributed by atoms with Crippen LogP contribution in [0.1, 0.15) is 45.3 Å². The Hall–Kier alpha value is -0.880. The number of aromatic nitrogens is 2. The fourth-order valence-corrected chi connectivity index (χ4v) is 3.78. The summed E-state index contributed by atoms with van der Waals surface area (Å²) in [6, 6.07) is 0.266. The summed E-state index contributed by atoms with van der Waals surface area (Å²) in [5, 5.41) is 3.44. The van der Waals surface area contributed by atoms with Gasteiger partial charge in [-0.1, -0.05) is 0 Å². The molecule has 6 heteroatoms. The third-order valence-electron chi connectivity index (χ3n) is 3.46. The van der Waals surface area contributed by atoms with Gasteiger partial charge in [-0.3, -0.25) is 0 Å². The van der Waals surface area contributed by atoms with Gasteiger partial charge in [0.1, 0.15) is 9.84 Å². The molecule has 1 N–H and O–H groups in total. The van der Waals surface area contributed by atoms with Crippen LogP contribution in [-0.2, 0) is 16.4 Å². The SMILES string of the molecule is CC(C)(C)NCc1cncn1C1CCS(=O)(=O)CC1. The predicted molar refractivity (Wildman–Crippen MR) is 75.7 cm³/mol. The normalized spacial score (nSPS) is 20.6. The zero-order valence-corrected chi connectivity index (χ0v) is 12.7. The summed E-state index contributed by atoms with van der Waals surface area (Å²) in [5.74, 6) is 0.587. The number of sulfone groups is 1. The highest BCUT2D eigenvalue weighted by Gasteiger charge is 2.25. The second kappa shape index (κ2) is 5.25. The Bertz CT molecular complexity index is 514. The van der Waals surface area contributed by atoms with Crippen LogP contribution in [-0.4, -0.2) is 35.0 Å². The van der Waals surface area contributed by atoms with Gasteiger partial charge in [0.25, 0.3) is 0 Å². The monoisotopic (exact) mass is 285 g/mol. The predicted octanol–water partition coefficient (Wildman–Crippen LogP) is 1.52. The molecular weight excluding hydrogens is 262 g/mol. The van der Waals surface area contributed by atoms with E-state index in [-0.39, 0.29) is 11.6 Å². The topological polar surface area (TPSA) is 64.0 Å². The van der Waals surface area contributed by atoms with Crippen molar-refractivity contribution in [3.8, 4) is 0 Å². The van der Waals surface area contributed by atoms with Crippen LogP contribution in [0.15, 0.2) is 12.5 Å². The molecule has 19 heavy (non-hydrogen) atoms. The van der Waals surface area contributed by atoms with E-state index in [4.69, 9.17) is 0 Å². The minimum absolute atomic E-state index is 0.0605. The Morgan fingerprint density at radius 2 is 2.00 bits per heavy atom. The Kier molecular flexibility index (Phi) is 4.01. The van der Waals surface area contributed by atoms with Crippen LogP contribution in [0.5, 0.6) is 0 Å². The number of hydrogen-bond acceptors (Lipinski definition) is 4. The van der Waals surface area contributed by atoms with E-state index in [1.807, 2.05) is 12.5 Å². The molecule has 0 spiro atoms. The standard InChI is InChI=1S/C13H23N3O2S/c1-13(2,3)15-9-12-8-14-10-16(12)11-4-6-19(17,18)7-5-11/h8,10-11,15H,4-7,9H2,1-3H3. The molecule has 1 aliphatic rings. The number of hydrogen-bond donors (Lipinski definition) is 1. The molecule has 5 nitrogen and oxygen atoms in total. The molecule has 2 rings (SSSR count). The van der Waals surface area contributed by atoms with E-state index >= 15 is 0 Å². The van der Waals surface area contributed by atoms with Crippen LogP contribution < -0.4 is 5.32 Å². The first-order valence-electron chi connectivity index (χ1n) is 6.73. The Morgan fingerprint density at radius 3 is 2.58 bits per heavy atom. The summed E-state index contributed by atoms with van der Waals surface area (Å²) in [4.78, 5) is 4.21. The number of nitrogens with zero attached hydrogens (tertiary/aromatic N) is 2. The van der Waals surface area contributed by atoms with E-state index < -0.39 is 9.84 Å². The van der Waals surface area contributed by atoms with Crippen molar-refractivity contribution < 1.29 is 8.42 Å². The van der Waals surface area contributed by atoms with Gasteiger partial charge in [0.15, 0.2) is 0 Å². The maximum Gasteiger partial charge on any atom is 0.150 e. The lowest BCUT2D eigenvalue weighted by atomic mass is 10.1. The molecule has 1 aliphatic heterocycles. The van der Waals surface area contributed by atoms with Gasteiger partial charge in [0, 0.05) is 24.3 Å². The van der Waals surface area contributed by atoms with Crippen molar-refractivity contribution >= 4 is 9.84 Å². The summed E-state index contributed by atoms with van der Waals surface area (Å²) in [7, 11) is -2.80. The Morgan fingerprint density at radius 1 is 1.37 bits per heavy atom. The van der Waals surface area contributed by atoms with Gasteiger partial charge in [-0.2, -0.15) is 0 Å². The fourth-order valence-electron chi connectivity index (χ4n) is 2.31. The zero-order valence-electron chi connectivity index (χ0n) is 11.9. The number of nitrogens with one attached hydrogen (secondary N) is 1. The van der Waals surface area contributed by atoms with Crippen molar-refractivity contribution in [2.75, 3.05) is 11.5 Å². The first kappa shape index (κ1) is 14.5. The van der Waals surface area contributed by atoms with Crippen LogP contribution in [0.2, 0.25) is 0 Å². The second-order valence-corrected chi connectivity index (χ2v) is 8.58. The van der Waals surface area contributed by atoms with Crippen molar-refractivity contribution in [2.45, 2.75) is 51.7 Å². The summed E-state index contributed by atoms with van der Waals surface area (Å²) < 4.78 is 25.1. The molecule has 0 aliphatic carbocycles. The van der Waals surface area contributed by atoms with Crippen molar-refractivity contribution in [1.29, 1.82) is 0 Å². The summed E-state index contributed by atoms with van der Waals surface area (Å²) in [6.07, 6.45) is 5.08. The fraction of sp³-hybridized carbons (Fsp3) is 0.769. The molecule has 0 amide bonds. The van der Waals surface area contributed by atoms with Crippen molar-refractivity contribution in [3.05, 3.63) is 18.2 Å². The molecular formula is C13H23N3O2S. The number of rotatable bonds is 3. The molecule has 1 aromatic rings. The van der Waals surface area contributed by atoms with E-state index in [1.54, 1.807) is 0 Å². The van der Waals surface area contributed by atoms with E-state index in [0.717, 1.165) is 12.2 Å². The minimum atomic E-state index is -2.80. The lowest BCUT2D eigenvalue weighted by Gasteiger charge is -2.26. The van der Waals surface area contributed by atoms with E-state index in [9.17, 15) is 8.42 Å². The Balaban J connectivity index is 2.04.